The second kappa shape index (κ2) is 9.65. The molecular formula is C26H28FN3O5. The van der Waals surface area contributed by atoms with Crippen LogP contribution in [0.15, 0.2) is 42.5 Å². The Kier molecular flexibility index (Phi) is 6.42. The predicted octanol–water partition coefficient (Wildman–Crippen LogP) is 3.58. The van der Waals surface area contributed by atoms with Crippen molar-refractivity contribution in [2.75, 3.05) is 24.3 Å². The van der Waals surface area contributed by atoms with Gasteiger partial charge in [0.1, 0.15) is 24.3 Å². The first-order valence-corrected chi connectivity index (χ1v) is 11.9. The average molecular weight is 482 g/mol. The minimum Gasteiger partial charge on any atom is -0.490 e. The van der Waals surface area contributed by atoms with Crippen LogP contribution in [0.2, 0.25) is 0 Å². The number of nitrogens with one attached hydrogen (secondary N) is 2. The quantitative estimate of drug-likeness (QED) is 0.681. The highest BCUT2D eigenvalue weighted by Gasteiger charge is 2.39. The lowest BCUT2D eigenvalue weighted by Crippen LogP contribution is -2.53. The highest BCUT2D eigenvalue weighted by Crippen LogP contribution is 2.34. The van der Waals surface area contributed by atoms with Crippen LogP contribution >= 0.6 is 0 Å². The molecule has 1 saturated heterocycles. The van der Waals surface area contributed by atoms with Gasteiger partial charge in [-0.2, -0.15) is 0 Å². The predicted molar refractivity (Wildman–Crippen MR) is 127 cm³/mol. The fourth-order valence-electron chi connectivity index (χ4n) is 4.65. The van der Waals surface area contributed by atoms with Crippen molar-refractivity contribution < 1.29 is 28.2 Å². The van der Waals surface area contributed by atoms with Crippen LogP contribution in [0.4, 0.5) is 15.8 Å². The molecule has 0 radical (unpaired) electrons. The Bertz CT molecular complexity index is 1130. The second-order valence-corrected chi connectivity index (χ2v) is 9.40. The molecule has 2 N–H and O–H groups in total. The molecule has 2 aliphatic heterocycles. The van der Waals surface area contributed by atoms with Gasteiger partial charge < -0.3 is 25.0 Å². The van der Waals surface area contributed by atoms with Gasteiger partial charge in [0.2, 0.25) is 11.8 Å². The van der Waals surface area contributed by atoms with Crippen LogP contribution < -0.4 is 15.4 Å². The van der Waals surface area contributed by atoms with Crippen LogP contribution in [0.25, 0.3) is 0 Å². The van der Waals surface area contributed by atoms with E-state index in [4.69, 9.17) is 9.47 Å². The molecule has 2 heterocycles. The Morgan fingerprint density at radius 2 is 1.77 bits per heavy atom. The van der Waals surface area contributed by atoms with Crippen LogP contribution in [0.5, 0.6) is 5.75 Å². The molecule has 3 amide bonds. The molecule has 3 atom stereocenters. The van der Waals surface area contributed by atoms with Crippen molar-refractivity contribution in [3.8, 4) is 5.75 Å². The molecule has 2 fully saturated rings. The number of carbonyl (C=O) groups excluding carboxylic acids is 3. The van der Waals surface area contributed by atoms with Gasteiger partial charge in [-0.1, -0.05) is 0 Å². The van der Waals surface area contributed by atoms with E-state index < -0.39 is 0 Å². The lowest BCUT2D eigenvalue weighted by atomic mass is 9.94. The van der Waals surface area contributed by atoms with Gasteiger partial charge in [-0.05, 0) is 68.1 Å². The van der Waals surface area contributed by atoms with Crippen molar-refractivity contribution in [3.05, 3.63) is 53.8 Å². The number of halogens is 1. The Morgan fingerprint density at radius 1 is 1.03 bits per heavy atom. The second-order valence-electron chi connectivity index (χ2n) is 9.40. The van der Waals surface area contributed by atoms with Crippen molar-refractivity contribution >= 4 is 29.1 Å². The van der Waals surface area contributed by atoms with Gasteiger partial charge in [-0.15, -0.1) is 0 Å². The summed E-state index contributed by atoms with van der Waals surface area (Å²) in [5.41, 5.74) is 1.50. The van der Waals surface area contributed by atoms with Crippen molar-refractivity contribution in [2.45, 2.75) is 50.4 Å². The van der Waals surface area contributed by atoms with E-state index in [0.29, 0.717) is 35.5 Å². The van der Waals surface area contributed by atoms with Gasteiger partial charge in [0, 0.05) is 24.3 Å². The van der Waals surface area contributed by atoms with Crippen molar-refractivity contribution in [1.29, 1.82) is 0 Å². The number of anilines is 2. The molecule has 3 aliphatic rings. The van der Waals surface area contributed by atoms with E-state index in [1.54, 1.807) is 30.1 Å². The van der Waals surface area contributed by atoms with E-state index in [1.165, 1.54) is 24.3 Å². The topological polar surface area (TPSA) is 97.0 Å². The van der Waals surface area contributed by atoms with Gasteiger partial charge in [0.05, 0.1) is 24.1 Å². The largest absolute Gasteiger partial charge is 0.490 e. The summed E-state index contributed by atoms with van der Waals surface area (Å²) in [5.74, 6) is -0.307. The van der Waals surface area contributed by atoms with E-state index in [-0.39, 0.29) is 60.7 Å². The third-order valence-corrected chi connectivity index (χ3v) is 6.77. The molecule has 0 bridgehead atoms. The number of nitrogens with zero attached hydrogens (tertiary/aromatic N) is 1. The Hall–Kier alpha value is -3.46. The molecule has 0 spiro atoms. The molecule has 9 heteroatoms. The SMILES string of the molecule is CN1C(=O)c2cc(NC(=O)C3CC3)ccc2OC[C@H]2O[C@@H](CC(=O)Nc3ccc(F)cc3)CC[C@@H]21. The minimum atomic E-state index is -0.385. The number of hydrogen-bond donors (Lipinski definition) is 2. The highest BCUT2D eigenvalue weighted by molar-refractivity contribution is 6.00. The van der Waals surface area contributed by atoms with Gasteiger partial charge in [0.25, 0.3) is 5.91 Å². The number of amides is 3. The number of carbonyl (C=O) groups is 3. The van der Waals surface area contributed by atoms with Crippen LogP contribution in [0, 0.1) is 11.7 Å². The first-order chi connectivity index (χ1) is 16.9. The third kappa shape index (κ3) is 5.30. The zero-order chi connectivity index (χ0) is 24.5. The van der Waals surface area contributed by atoms with Crippen LogP contribution in [-0.2, 0) is 14.3 Å². The summed E-state index contributed by atoms with van der Waals surface area (Å²) in [6, 6.07) is 10.5. The van der Waals surface area contributed by atoms with E-state index in [0.717, 1.165) is 12.8 Å². The fourth-order valence-corrected chi connectivity index (χ4v) is 4.65. The lowest BCUT2D eigenvalue weighted by Gasteiger charge is -2.42. The summed E-state index contributed by atoms with van der Waals surface area (Å²) >= 11 is 0. The summed E-state index contributed by atoms with van der Waals surface area (Å²) < 4.78 is 25.3. The number of fused-ring (bicyclic) bond motifs is 2. The number of rotatable bonds is 5. The van der Waals surface area contributed by atoms with Gasteiger partial charge in [-0.25, -0.2) is 4.39 Å². The zero-order valence-electron chi connectivity index (χ0n) is 19.5. The number of benzene rings is 2. The lowest BCUT2D eigenvalue weighted by molar-refractivity contribution is -0.130. The average Bonchev–Trinajstić information content (AvgIpc) is 3.69. The molecule has 5 rings (SSSR count). The molecule has 1 aliphatic carbocycles. The molecule has 8 nitrogen and oxygen atoms in total. The molecular weight excluding hydrogens is 453 g/mol. The van der Waals surface area contributed by atoms with Crippen molar-refractivity contribution in [3.63, 3.8) is 0 Å². The molecule has 35 heavy (non-hydrogen) atoms. The van der Waals surface area contributed by atoms with E-state index >= 15 is 0 Å². The van der Waals surface area contributed by atoms with E-state index in [1.807, 2.05) is 0 Å². The monoisotopic (exact) mass is 481 g/mol. The molecule has 2 aromatic rings. The maximum Gasteiger partial charge on any atom is 0.257 e. The summed E-state index contributed by atoms with van der Waals surface area (Å²) in [5, 5.41) is 5.64. The Labute approximate surface area is 202 Å². The Morgan fingerprint density at radius 3 is 2.51 bits per heavy atom. The van der Waals surface area contributed by atoms with Gasteiger partial charge in [-0.3, -0.25) is 14.4 Å². The van der Waals surface area contributed by atoms with Gasteiger partial charge >= 0.3 is 0 Å². The first-order valence-electron chi connectivity index (χ1n) is 11.9. The number of hydrogen-bond acceptors (Lipinski definition) is 5. The summed E-state index contributed by atoms with van der Waals surface area (Å²) in [7, 11) is 1.75. The highest BCUT2D eigenvalue weighted by atomic mass is 19.1. The van der Waals surface area contributed by atoms with Crippen LogP contribution in [-0.4, -0.2) is 54.5 Å². The smallest absolute Gasteiger partial charge is 0.257 e. The number of ether oxygens (including phenoxy) is 2. The molecule has 0 aromatic heterocycles. The van der Waals surface area contributed by atoms with Crippen molar-refractivity contribution in [2.24, 2.45) is 5.92 Å². The normalized spacial score (nSPS) is 23.8. The van der Waals surface area contributed by atoms with E-state index in [2.05, 4.69) is 10.6 Å². The maximum atomic E-state index is 13.3. The Balaban J connectivity index is 1.24. The maximum absolute atomic E-state index is 13.3. The summed E-state index contributed by atoms with van der Waals surface area (Å²) in [6.45, 7) is 0.235. The van der Waals surface area contributed by atoms with Gasteiger partial charge in [0.15, 0.2) is 0 Å². The molecule has 0 unspecified atom stereocenters. The standard InChI is InChI=1S/C26H28FN3O5/c1-30-21-10-9-19(13-24(31)28-17-6-4-16(27)5-7-17)35-23(21)14-34-22-11-8-18(12-20(22)26(30)33)29-25(32)15-2-3-15/h4-8,11-12,15,19,21,23H,2-3,9-10,13-14H2,1H3,(H,28,31)(H,29,32)/t19-,21+,23-/m1/s1. The minimum absolute atomic E-state index is 0.0206. The summed E-state index contributed by atoms with van der Waals surface area (Å²) in [6.07, 6.45) is 2.53. The van der Waals surface area contributed by atoms with Crippen molar-refractivity contribution in [1.82, 2.24) is 4.90 Å². The first kappa shape index (κ1) is 23.3. The summed E-state index contributed by atoms with van der Waals surface area (Å²) in [4.78, 5) is 39.6. The van der Waals surface area contributed by atoms with Crippen LogP contribution in [0.3, 0.4) is 0 Å². The molecule has 184 valence electrons. The number of likely N-dealkylation sites (N-methyl/N-ethyl adjacent to an activating group) is 1. The molecule has 1 saturated carbocycles. The van der Waals surface area contributed by atoms with E-state index in [9.17, 15) is 18.8 Å². The third-order valence-electron chi connectivity index (χ3n) is 6.77. The zero-order valence-corrected chi connectivity index (χ0v) is 19.5. The molecule has 2 aromatic carbocycles. The van der Waals surface area contributed by atoms with Crippen LogP contribution in [0.1, 0.15) is 42.5 Å². The fraction of sp³-hybridized carbons (Fsp3) is 0.423.